The number of hydrogen-bond donors (Lipinski definition) is 1. The minimum atomic E-state index is -3.70. The monoisotopic (exact) mass is 474 g/mol. The Morgan fingerprint density at radius 2 is 1.90 bits per heavy atom. The van der Waals surface area contributed by atoms with Gasteiger partial charge < -0.3 is 5.32 Å². The number of halogens is 2. The van der Waals surface area contributed by atoms with Crippen molar-refractivity contribution < 1.29 is 13.2 Å². The molecule has 0 heterocycles. The predicted octanol–water partition coefficient (Wildman–Crippen LogP) is 4.51. The number of hydrogen-bond acceptors (Lipinski definition) is 4. The summed E-state index contributed by atoms with van der Waals surface area (Å²) in [6, 6.07) is 13.0. The average molecular weight is 475 g/mol. The first-order chi connectivity index (χ1) is 13.7. The number of nitrogens with one attached hydrogen (secondary N) is 1. The number of anilines is 1. The van der Waals surface area contributed by atoms with E-state index in [1.807, 2.05) is 6.07 Å². The second-order valence-electron chi connectivity index (χ2n) is 6.59. The molecule has 0 saturated heterocycles. The molecule has 5 nitrogen and oxygen atoms in total. The summed E-state index contributed by atoms with van der Waals surface area (Å²) >= 11 is 13.9. The highest BCUT2D eigenvalue weighted by Gasteiger charge is 2.23. The third kappa shape index (κ3) is 7.74. The maximum Gasteiger partial charge on any atom is 0.240 e. The number of benzene rings is 2. The van der Waals surface area contributed by atoms with Crippen molar-refractivity contribution in [3.8, 4) is 0 Å². The highest BCUT2D eigenvalue weighted by Crippen LogP contribution is 2.33. The molecule has 0 saturated carbocycles. The van der Waals surface area contributed by atoms with Crippen molar-refractivity contribution in [2.24, 2.45) is 0 Å². The van der Waals surface area contributed by atoms with Crippen LogP contribution < -0.4 is 9.62 Å². The molecule has 1 amide bonds. The topological polar surface area (TPSA) is 66.5 Å². The molecule has 0 spiro atoms. The zero-order valence-electron chi connectivity index (χ0n) is 16.3. The predicted molar refractivity (Wildman–Crippen MR) is 124 cm³/mol. The van der Waals surface area contributed by atoms with Gasteiger partial charge in [0.15, 0.2) is 0 Å². The Morgan fingerprint density at radius 1 is 1.17 bits per heavy atom. The summed E-state index contributed by atoms with van der Waals surface area (Å²) in [5, 5.41) is 3.09. The molecule has 0 aliphatic carbocycles. The van der Waals surface area contributed by atoms with Crippen molar-refractivity contribution >= 4 is 56.6 Å². The van der Waals surface area contributed by atoms with Crippen LogP contribution in [0.4, 0.5) is 5.69 Å². The zero-order valence-corrected chi connectivity index (χ0v) is 19.5. The van der Waals surface area contributed by atoms with E-state index in [1.165, 1.54) is 17.2 Å². The van der Waals surface area contributed by atoms with Crippen molar-refractivity contribution in [3.05, 3.63) is 63.6 Å². The van der Waals surface area contributed by atoms with Gasteiger partial charge in [-0.1, -0.05) is 59.1 Å². The van der Waals surface area contributed by atoms with E-state index in [0.717, 1.165) is 28.5 Å². The van der Waals surface area contributed by atoms with Gasteiger partial charge in [-0.25, -0.2) is 8.42 Å². The summed E-state index contributed by atoms with van der Waals surface area (Å²) in [5.41, 5.74) is 2.71. The molecule has 2 rings (SSSR count). The van der Waals surface area contributed by atoms with Crippen LogP contribution in [0.1, 0.15) is 17.5 Å². The largest absolute Gasteiger partial charge is 0.354 e. The van der Waals surface area contributed by atoms with Crippen LogP contribution in [0, 0.1) is 6.92 Å². The molecule has 0 aromatic heterocycles. The maximum atomic E-state index is 12.3. The van der Waals surface area contributed by atoms with E-state index in [2.05, 4.69) is 30.4 Å². The Balaban J connectivity index is 1.81. The number of thioether (sulfide) groups is 1. The van der Waals surface area contributed by atoms with Gasteiger partial charge >= 0.3 is 0 Å². The molecule has 2 aromatic carbocycles. The van der Waals surface area contributed by atoms with Gasteiger partial charge in [-0.05, 0) is 36.8 Å². The first-order valence-electron chi connectivity index (χ1n) is 9.00. The molecule has 1 N–H and O–H groups in total. The second kappa shape index (κ2) is 11.1. The molecule has 9 heteroatoms. The molecule has 0 unspecified atom stereocenters. The van der Waals surface area contributed by atoms with Gasteiger partial charge in [0, 0.05) is 12.3 Å². The van der Waals surface area contributed by atoms with Crippen LogP contribution in [0.25, 0.3) is 0 Å². The fourth-order valence-electron chi connectivity index (χ4n) is 2.65. The molecule has 0 aliphatic rings. The van der Waals surface area contributed by atoms with Crippen molar-refractivity contribution in [1.82, 2.24) is 5.32 Å². The number of amides is 1. The number of carbonyl (C=O) groups is 1. The van der Waals surface area contributed by atoms with Crippen molar-refractivity contribution in [2.45, 2.75) is 19.1 Å². The van der Waals surface area contributed by atoms with Crippen LogP contribution in [0.3, 0.4) is 0 Å². The lowest BCUT2D eigenvalue weighted by atomic mass is 10.2. The molecule has 0 radical (unpaired) electrons. The molecular formula is C20H24Cl2N2O3S2. The molecule has 0 atom stereocenters. The van der Waals surface area contributed by atoms with E-state index >= 15 is 0 Å². The summed E-state index contributed by atoms with van der Waals surface area (Å²) in [4.78, 5) is 12.3. The van der Waals surface area contributed by atoms with E-state index in [1.54, 1.807) is 23.9 Å². The van der Waals surface area contributed by atoms with Crippen molar-refractivity contribution in [1.29, 1.82) is 0 Å². The van der Waals surface area contributed by atoms with Gasteiger partial charge in [0.1, 0.15) is 6.54 Å². The number of rotatable bonds is 10. The minimum absolute atomic E-state index is 0.0972. The summed E-state index contributed by atoms with van der Waals surface area (Å²) in [7, 11) is -3.70. The molecule has 0 aliphatic heterocycles. The number of aryl methyl sites for hydroxylation is 1. The average Bonchev–Trinajstić information content (AvgIpc) is 2.64. The summed E-state index contributed by atoms with van der Waals surface area (Å²) in [6.07, 6.45) is 1.82. The van der Waals surface area contributed by atoms with E-state index in [-0.39, 0.29) is 22.3 Å². The van der Waals surface area contributed by atoms with Crippen LogP contribution in [-0.4, -0.2) is 39.4 Å². The third-order valence-corrected chi connectivity index (χ3v) is 7.08. The quantitative estimate of drug-likeness (QED) is 0.514. The number of carbonyl (C=O) groups excluding carboxylic acids is 1. The van der Waals surface area contributed by atoms with Gasteiger partial charge in [0.25, 0.3) is 0 Å². The maximum absolute atomic E-state index is 12.3. The Labute approximate surface area is 186 Å². The first kappa shape index (κ1) is 23.9. The second-order valence-corrected chi connectivity index (χ2v) is 10.4. The SMILES string of the molecule is Cc1cccc(CSCCCNC(=O)CN(c2cccc(Cl)c2Cl)S(C)(=O)=O)c1. The van der Waals surface area contributed by atoms with E-state index in [4.69, 9.17) is 23.2 Å². The molecular weight excluding hydrogens is 451 g/mol. The summed E-state index contributed by atoms with van der Waals surface area (Å²) < 4.78 is 25.3. The highest BCUT2D eigenvalue weighted by molar-refractivity contribution is 7.98. The van der Waals surface area contributed by atoms with E-state index in [0.29, 0.717) is 6.54 Å². The Morgan fingerprint density at radius 3 is 2.59 bits per heavy atom. The van der Waals surface area contributed by atoms with Crippen molar-refractivity contribution in [3.63, 3.8) is 0 Å². The van der Waals surface area contributed by atoms with Gasteiger partial charge in [0.05, 0.1) is 22.0 Å². The fourth-order valence-corrected chi connectivity index (χ4v) is 4.86. The van der Waals surface area contributed by atoms with Crippen LogP contribution in [0.2, 0.25) is 10.0 Å². The lowest BCUT2D eigenvalue weighted by Crippen LogP contribution is -2.40. The normalized spacial score (nSPS) is 11.3. The van der Waals surface area contributed by atoms with Gasteiger partial charge in [0.2, 0.25) is 15.9 Å². The Bertz CT molecular complexity index is 952. The zero-order chi connectivity index (χ0) is 21.4. The van der Waals surface area contributed by atoms with Gasteiger partial charge in [-0.15, -0.1) is 0 Å². The summed E-state index contributed by atoms with van der Waals surface area (Å²) in [5.74, 6) is 1.42. The Kier molecular flexibility index (Phi) is 9.14. The Hall–Kier alpha value is -1.41. The van der Waals surface area contributed by atoms with E-state index in [9.17, 15) is 13.2 Å². The number of nitrogens with zero attached hydrogens (tertiary/aromatic N) is 1. The smallest absolute Gasteiger partial charge is 0.240 e. The molecule has 0 bridgehead atoms. The highest BCUT2D eigenvalue weighted by atomic mass is 35.5. The van der Waals surface area contributed by atoms with Crippen molar-refractivity contribution in [2.75, 3.05) is 29.4 Å². The summed E-state index contributed by atoms with van der Waals surface area (Å²) in [6.45, 7) is 2.19. The fraction of sp³-hybridized carbons (Fsp3) is 0.350. The lowest BCUT2D eigenvalue weighted by molar-refractivity contribution is -0.119. The standard InChI is InChI=1S/C20H24Cl2N2O3S2/c1-15-6-3-7-16(12-15)14-28-11-5-10-23-19(25)13-24(29(2,26)27)18-9-4-8-17(21)20(18)22/h3-4,6-9,12H,5,10-11,13-14H2,1-2H3,(H,23,25). The van der Waals surface area contributed by atoms with Crippen LogP contribution in [-0.2, 0) is 20.6 Å². The molecule has 0 fully saturated rings. The third-order valence-electron chi connectivity index (χ3n) is 4.03. The molecule has 2 aromatic rings. The van der Waals surface area contributed by atoms with Gasteiger partial charge in [-0.2, -0.15) is 11.8 Å². The van der Waals surface area contributed by atoms with Gasteiger partial charge in [-0.3, -0.25) is 9.10 Å². The lowest BCUT2D eigenvalue weighted by Gasteiger charge is -2.23. The molecule has 29 heavy (non-hydrogen) atoms. The first-order valence-corrected chi connectivity index (χ1v) is 12.8. The van der Waals surface area contributed by atoms with Crippen LogP contribution in [0.5, 0.6) is 0 Å². The van der Waals surface area contributed by atoms with E-state index < -0.39 is 15.9 Å². The molecule has 158 valence electrons. The number of sulfonamides is 1. The van der Waals surface area contributed by atoms with Crippen LogP contribution in [0.15, 0.2) is 42.5 Å². The minimum Gasteiger partial charge on any atom is -0.354 e. The van der Waals surface area contributed by atoms with Crippen LogP contribution >= 0.6 is 35.0 Å².